The number of benzene rings is 2. The fourth-order valence-corrected chi connectivity index (χ4v) is 2.26. The molecule has 4 heteroatoms. The Morgan fingerprint density at radius 2 is 1.84 bits per heavy atom. The van der Waals surface area contributed by atoms with Crippen LogP contribution in [0.3, 0.4) is 0 Å². The van der Waals surface area contributed by atoms with E-state index in [2.05, 4.69) is 15.9 Å². The normalized spacial score (nSPS) is 10.3. The number of nitrogens with two attached hydrogens (primary N) is 1. The minimum atomic E-state index is 0.00441. The van der Waals surface area contributed by atoms with Crippen LogP contribution in [0.4, 0.5) is 0 Å². The molecule has 98 valence electrons. The van der Waals surface area contributed by atoms with Gasteiger partial charge in [0.15, 0.2) is 0 Å². The van der Waals surface area contributed by atoms with Gasteiger partial charge in [-0.3, -0.25) is 5.41 Å². The Hall–Kier alpha value is -1.81. The molecule has 3 N–H and O–H groups in total. The van der Waals surface area contributed by atoms with Gasteiger partial charge in [-0.2, -0.15) is 0 Å². The molecule has 0 saturated carbocycles. The Bertz CT molecular complexity index is 638. The number of halogens is 1. The average molecular weight is 319 g/mol. The van der Waals surface area contributed by atoms with Gasteiger partial charge in [-0.1, -0.05) is 22.0 Å². The van der Waals surface area contributed by atoms with Crippen molar-refractivity contribution < 1.29 is 4.74 Å². The summed E-state index contributed by atoms with van der Waals surface area (Å²) in [5.74, 6) is 1.37. The van der Waals surface area contributed by atoms with Crippen molar-refractivity contribution in [2.24, 2.45) is 5.73 Å². The SMILES string of the molecule is Cc1ccc(C(=N)N)c(Oc2ccc(Br)cc2C)c1. The van der Waals surface area contributed by atoms with Crippen LogP contribution in [0.15, 0.2) is 40.9 Å². The van der Waals surface area contributed by atoms with Crippen LogP contribution >= 0.6 is 15.9 Å². The van der Waals surface area contributed by atoms with Crippen LogP contribution in [0.1, 0.15) is 16.7 Å². The van der Waals surface area contributed by atoms with Crippen LogP contribution in [-0.4, -0.2) is 5.84 Å². The second-order valence-electron chi connectivity index (χ2n) is 4.43. The van der Waals surface area contributed by atoms with Crippen molar-refractivity contribution in [3.63, 3.8) is 0 Å². The number of aryl methyl sites for hydroxylation is 2. The van der Waals surface area contributed by atoms with E-state index in [0.29, 0.717) is 11.3 Å². The molecule has 0 saturated heterocycles. The highest BCUT2D eigenvalue weighted by atomic mass is 79.9. The Labute approximate surface area is 121 Å². The summed E-state index contributed by atoms with van der Waals surface area (Å²) in [6, 6.07) is 11.4. The second kappa shape index (κ2) is 5.45. The first-order valence-corrected chi connectivity index (χ1v) is 6.65. The van der Waals surface area contributed by atoms with E-state index in [1.54, 1.807) is 6.07 Å². The lowest BCUT2D eigenvalue weighted by atomic mass is 10.1. The molecule has 2 aromatic carbocycles. The molecule has 0 amide bonds. The van der Waals surface area contributed by atoms with Crippen LogP contribution in [0.5, 0.6) is 11.5 Å². The fourth-order valence-electron chi connectivity index (χ4n) is 1.78. The quantitative estimate of drug-likeness (QED) is 0.660. The lowest BCUT2D eigenvalue weighted by molar-refractivity contribution is 0.477. The Balaban J connectivity index is 2.42. The van der Waals surface area contributed by atoms with Gasteiger partial charge in [0.25, 0.3) is 0 Å². The molecule has 0 aliphatic carbocycles. The zero-order chi connectivity index (χ0) is 14.0. The van der Waals surface area contributed by atoms with Crippen LogP contribution in [0.2, 0.25) is 0 Å². The van der Waals surface area contributed by atoms with Gasteiger partial charge in [-0.25, -0.2) is 0 Å². The van der Waals surface area contributed by atoms with Crippen LogP contribution < -0.4 is 10.5 Å². The number of amidine groups is 1. The minimum absolute atomic E-state index is 0.00441. The molecule has 0 fully saturated rings. The van der Waals surface area contributed by atoms with E-state index in [1.807, 2.05) is 44.2 Å². The number of nitrogens with one attached hydrogen (secondary N) is 1. The maximum absolute atomic E-state index is 7.59. The van der Waals surface area contributed by atoms with Crippen molar-refractivity contribution in [1.82, 2.24) is 0 Å². The van der Waals surface area contributed by atoms with Gasteiger partial charge in [0, 0.05) is 4.47 Å². The molecule has 19 heavy (non-hydrogen) atoms. The molecule has 0 heterocycles. The molecular weight excluding hydrogens is 304 g/mol. The standard InChI is InChI=1S/C15H15BrN2O/c1-9-3-5-12(15(17)18)14(7-9)19-13-6-4-11(16)8-10(13)2/h3-8H,1-2H3,(H3,17,18). The minimum Gasteiger partial charge on any atom is -0.456 e. The van der Waals surface area contributed by atoms with E-state index >= 15 is 0 Å². The fraction of sp³-hybridized carbons (Fsp3) is 0.133. The molecule has 0 radical (unpaired) electrons. The van der Waals surface area contributed by atoms with Gasteiger partial charge < -0.3 is 10.5 Å². The molecule has 0 unspecified atom stereocenters. The first kappa shape index (κ1) is 13.6. The Morgan fingerprint density at radius 3 is 2.47 bits per heavy atom. The van der Waals surface area contributed by atoms with Gasteiger partial charge in [-0.05, 0) is 55.3 Å². The van der Waals surface area contributed by atoms with Gasteiger partial charge in [0.05, 0.1) is 5.56 Å². The maximum atomic E-state index is 7.59. The Kier molecular flexibility index (Phi) is 3.90. The molecular formula is C15H15BrN2O. The highest BCUT2D eigenvalue weighted by Crippen LogP contribution is 2.30. The molecule has 0 aliphatic heterocycles. The van der Waals surface area contributed by atoms with Gasteiger partial charge >= 0.3 is 0 Å². The van der Waals surface area contributed by atoms with E-state index in [1.165, 1.54) is 0 Å². The van der Waals surface area contributed by atoms with Crippen LogP contribution in [0, 0.1) is 19.3 Å². The number of ether oxygens (including phenoxy) is 1. The van der Waals surface area contributed by atoms with E-state index in [4.69, 9.17) is 15.9 Å². The maximum Gasteiger partial charge on any atom is 0.138 e. The summed E-state index contributed by atoms with van der Waals surface area (Å²) >= 11 is 3.42. The zero-order valence-electron chi connectivity index (χ0n) is 10.8. The number of hydrogen-bond acceptors (Lipinski definition) is 2. The highest BCUT2D eigenvalue weighted by Gasteiger charge is 2.09. The molecule has 0 aliphatic rings. The molecule has 2 aromatic rings. The summed E-state index contributed by atoms with van der Waals surface area (Å²) < 4.78 is 6.90. The lowest BCUT2D eigenvalue weighted by Gasteiger charge is -2.13. The van der Waals surface area contributed by atoms with E-state index in [9.17, 15) is 0 Å². The molecule has 3 nitrogen and oxygen atoms in total. The molecule has 0 atom stereocenters. The van der Waals surface area contributed by atoms with Crippen molar-refractivity contribution in [3.05, 3.63) is 57.6 Å². The van der Waals surface area contributed by atoms with E-state index < -0.39 is 0 Å². The highest BCUT2D eigenvalue weighted by molar-refractivity contribution is 9.10. The predicted octanol–water partition coefficient (Wildman–Crippen LogP) is 4.14. The summed E-state index contributed by atoms with van der Waals surface area (Å²) in [7, 11) is 0. The first-order valence-electron chi connectivity index (χ1n) is 5.86. The zero-order valence-corrected chi connectivity index (χ0v) is 12.4. The van der Waals surface area contributed by atoms with Crippen molar-refractivity contribution in [1.29, 1.82) is 5.41 Å². The largest absolute Gasteiger partial charge is 0.456 e. The predicted molar refractivity (Wildman–Crippen MR) is 81.1 cm³/mol. The number of nitrogen functional groups attached to an aromatic ring is 1. The van der Waals surface area contributed by atoms with Crippen molar-refractivity contribution in [3.8, 4) is 11.5 Å². The Morgan fingerprint density at radius 1 is 1.11 bits per heavy atom. The van der Waals surface area contributed by atoms with Gasteiger partial charge in [-0.15, -0.1) is 0 Å². The molecule has 0 spiro atoms. The second-order valence-corrected chi connectivity index (χ2v) is 5.34. The molecule has 0 aromatic heterocycles. The number of hydrogen-bond donors (Lipinski definition) is 2. The van der Waals surface area contributed by atoms with Gasteiger partial charge in [0.1, 0.15) is 17.3 Å². The van der Waals surface area contributed by atoms with Crippen molar-refractivity contribution >= 4 is 21.8 Å². The van der Waals surface area contributed by atoms with E-state index in [-0.39, 0.29) is 5.84 Å². The van der Waals surface area contributed by atoms with Crippen LogP contribution in [-0.2, 0) is 0 Å². The lowest BCUT2D eigenvalue weighted by Crippen LogP contribution is -2.12. The summed E-state index contributed by atoms with van der Waals surface area (Å²) in [5, 5.41) is 7.59. The van der Waals surface area contributed by atoms with Crippen molar-refractivity contribution in [2.75, 3.05) is 0 Å². The third-order valence-electron chi connectivity index (χ3n) is 2.78. The van der Waals surface area contributed by atoms with Crippen molar-refractivity contribution in [2.45, 2.75) is 13.8 Å². The summed E-state index contributed by atoms with van der Waals surface area (Å²) in [6.45, 7) is 3.95. The summed E-state index contributed by atoms with van der Waals surface area (Å²) in [6.07, 6.45) is 0. The van der Waals surface area contributed by atoms with Crippen LogP contribution in [0.25, 0.3) is 0 Å². The molecule has 2 rings (SSSR count). The third-order valence-corrected chi connectivity index (χ3v) is 3.28. The molecule has 0 bridgehead atoms. The summed E-state index contributed by atoms with van der Waals surface area (Å²) in [4.78, 5) is 0. The summed E-state index contributed by atoms with van der Waals surface area (Å²) in [5.41, 5.74) is 8.26. The first-order chi connectivity index (χ1) is 8.97. The van der Waals surface area contributed by atoms with E-state index in [0.717, 1.165) is 21.3 Å². The van der Waals surface area contributed by atoms with Gasteiger partial charge in [0.2, 0.25) is 0 Å². The number of rotatable bonds is 3. The smallest absolute Gasteiger partial charge is 0.138 e. The third kappa shape index (κ3) is 3.15. The monoisotopic (exact) mass is 318 g/mol. The average Bonchev–Trinajstić information content (AvgIpc) is 2.32. The topological polar surface area (TPSA) is 59.1 Å².